The normalized spacial score (nSPS) is 11.1. The van der Waals surface area contributed by atoms with Gasteiger partial charge in [-0.2, -0.15) is 0 Å². The number of rotatable bonds is 4. The number of carbonyl (C=O) groups is 4. The Morgan fingerprint density at radius 3 is 1.86 bits per heavy atom. The van der Waals surface area contributed by atoms with E-state index in [1.165, 1.54) is 26.0 Å². The molecule has 0 spiro atoms. The second-order valence-corrected chi connectivity index (χ2v) is 4.25. The van der Waals surface area contributed by atoms with Gasteiger partial charge in [0.2, 0.25) is 5.91 Å². The number of carboxylic acid groups (broad SMARTS) is 1. The van der Waals surface area contributed by atoms with Crippen LogP contribution in [0.3, 0.4) is 0 Å². The summed E-state index contributed by atoms with van der Waals surface area (Å²) >= 11 is 0. The Morgan fingerprint density at radius 1 is 0.952 bits per heavy atom. The monoisotopic (exact) mass is 293 g/mol. The summed E-state index contributed by atoms with van der Waals surface area (Å²) in [6.45, 7) is 2.61. The topological polar surface area (TPSA) is 125 Å². The highest BCUT2D eigenvalue weighted by Crippen LogP contribution is 2.13. The molecule has 0 fully saturated rings. The van der Waals surface area contributed by atoms with Crippen LogP contribution in [0.1, 0.15) is 13.8 Å². The maximum Gasteiger partial charge on any atom is 0.325 e. The fourth-order valence-electron chi connectivity index (χ4n) is 1.35. The van der Waals surface area contributed by atoms with Gasteiger partial charge in [-0.25, -0.2) is 0 Å². The van der Waals surface area contributed by atoms with Gasteiger partial charge in [0.15, 0.2) is 0 Å². The van der Waals surface area contributed by atoms with Crippen LogP contribution in [0.2, 0.25) is 0 Å². The average Bonchev–Trinajstić information content (AvgIpc) is 2.40. The van der Waals surface area contributed by atoms with Gasteiger partial charge < -0.3 is 21.1 Å². The molecule has 4 N–H and O–H groups in total. The molecular weight excluding hydrogens is 278 g/mol. The van der Waals surface area contributed by atoms with Crippen LogP contribution in [-0.4, -0.2) is 34.8 Å². The second-order valence-electron chi connectivity index (χ2n) is 4.25. The first-order chi connectivity index (χ1) is 9.79. The van der Waals surface area contributed by atoms with Crippen LogP contribution in [0.5, 0.6) is 0 Å². The van der Waals surface area contributed by atoms with Crippen LogP contribution in [0.4, 0.5) is 11.4 Å². The standard InChI is InChI=1S/C13H15N3O5/c1-7(13(20)21)14-11(18)12(19)16-10-5-3-9(4-6-10)15-8(2)17/h3-7H,1-2H3,(H,14,18)(H,15,17)(H,16,19)(H,20,21). The summed E-state index contributed by atoms with van der Waals surface area (Å²) in [6, 6.07) is 4.93. The highest BCUT2D eigenvalue weighted by molar-refractivity contribution is 6.40. The molecule has 1 aromatic carbocycles. The van der Waals surface area contributed by atoms with E-state index in [4.69, 9.17) is 5.11 Å². The van der Waals surface area contributed by atoms with E-state index in [9.17, 15) is 19.2 Å². The zero-order valence-corrected chi connectivity index (χ0v) is 11.5. The first-order valence-electron chi connectivity index (χ1n) is 6.02. The van der Waals surface area contributed by atoms with Crippen LogP contribution in [0, 0.1) is 0 Å². The molecule has 0 radical (unpaired) electrons. The van der Waals surface area contributed by atoms with E-state index >= 15 is 0 Å². The summed E-state index contributed by atoms with van der Waals surface area (Å²) in [6.07, 6.45) is 0. The molecule has 0 aromatic heterocycles. The fourth-order valence-corrected chi connectivity index (χ4v) is 1.35. The van der Waals surface area contributed by atoms with Crippen molar-refractivity contribution in [2.45, 2.75) is 19.9 Å². The van der Waals surface area contributed by atoms with Crippen molar-refractivity contribution < 1.29 is 24.3 Å². The molecule has 0 heterocycles. The van der Waals surface area contributed by atoms with Crippen LogP contribution >= 0.6 is 0 Å². The van der Waals surface area contributed by atoms with Gasteiger partial charge >= 0.3 is 17.8 Å². The number of nitrogens with one attached hydrogen (secondary N) is 3. The Balaban J connectivity index is 2.60. The highest BCUT2D eigenvalue weighted by atomic mass is 16.4. The van der Waals surface area contributed by atoms with Gasteiger partial charge in [-0.3, -0.25) is 19.2 Å². The van der Waals surface area contributed by atoms with Gasteiger partial charge in [-0.1, -0.05) is 0 Å². The number of carbonyl (C=O) groups excluding carboxylic acids is 3. The Labute approximate surface area is 120 Å². The van der Waals surface area contributed by atoms with E-state index in [1.54, 1.807) is 12.1 Å². The summed E-state index contributed by atoms with van der Waals surface area (Å²) in [5.41, 5.74) is 0.886. The van der Waals surface area contributed by atoms with E-state index < -0.39 is 23.8 Å². The maximum absolute atomic E-state index is 11.5. The number of hydrogen-bond acceptors (Lipinski definition) is 4. The smallest absolute Gasteiger partial charge is 0.325 e. The van der Waals surface area contributed by atoms with Crippen LogP contribution in [-0.2, 0) is 19.2 Å². The van der Waals surface area contributed by atoms with Crippen molar-refractivity contribution >= 4 is 35.1 Å². The lowest BCUT2D eigenvalue weighted by Gasteiger charge is -2.10. The van der Waals surface area contributed by atoms with Crippen molar-refractivity contribution in [3.63, 3.8) is 0 Å². The zero-order valence-electron chi connectivity index (χ0n) is 11.5. The fraction of sp³-hybridized carbons (Fsp3) is 0.231. The van der Waals surface area contributed by atoms with Crippen molar-refractivity contribution in [1.82, 2.24) is 5.32 Å². The molecule has 0 saturated heterocycles. The van der Waals surface area contributed by atoms with Crippen molar-refractivity contribution in [1.29, 1.82) is 0 Å². The summed E-state index contributed by atoms with van der Waals surface area (Å²) in [4.78, 5) is 44.4. The number of benzene rings is 1. The molecule has 0 aliphatic rings. The summed E-state index contributed by atoms with van der Waals surface area (Å²) in [7, 11) is 0. The second kappa shape index (κ2) is 7.04. The predicted molar refractivity (Wildman–Crippen MR) is 74.6 cm³/mol. The summed E-state index contributed by atoms with van der Waals surface area (Å²) in [5.74, 6) is -3.49. The molecule has 1 atom stereocenters. The number of amides is 3. The Kier molecular flexibility index (Phi) is 5.41. The number of anilines is 2. The molecule has 0 bridgehead atoms. The van der Waals surface area contributed by atoms with Gasteiger partial charge in [-0.05, 0) is 31.2 Å². The summed E-state index contributed by atoms with van der Waals surface area (Å²) < 4.78 is 0. The predicted octanol–water partition coefficient (Wildman–Crippen LogP) is 0.173. The Hall–Kier alpha value is -2.90. The molecule has 0 aliphatic carbocycles. The molecule has 8 nitrogen and oxygen atoms in total. The van der Waals surface area contributed by atoms with Crippen molar-refractivity contribution in [3.8, 4) is 0 Å². The minimum atomic E-state index is -1.24. The van der Waals surface area contributed by atoms with Crippen molar-refractivity contribution in [2.24, 2.45) is 0 Å². The van der Waals surface area contributed by atoms with Gasteiger partial charge in [0.25, 0.3) is 0 Å². The maximum atomic E-state index is 11.5. The SMILES string of the molecule is CC(=O)Nc1ccc(NC(=O)C(=O)NC(C)C(=O)O)cc1. The average molecular weight is 293 g/mol. The van der Waals surface area contributed by atoms with Gasteiger partial charge in [0.05, 0.1) is 0 Å². The largest absolute Gasteiger partial charge is 0.480 e. The highest BCUT2D eigenvalue weighted by Gasteiger charge is 2.19. The lowest BCUT2D eigenvalue weighted by Crippen LogP contribution is -2.44. The number of hydrogen-bond donors (Lipinski definition) is 4. The molecule has 0 saturated carbocycles. The van der Waals surface area contributed by atoms with Crippen LogP contribution < -0.4 is 16.0 Å². The van der Waals surface area contributed by atoms with E-state index in [-0.39, 0.29) is 5.91 Å². The van der Waals surface area contributed by atoms with E-state index in [1.807, 2.05) is 5.32 Å². The lowest BCUT2D eigenvalue weighted by molar-refractivity contribution is -0.143. The quantitative estimate of drug-likeness (QED) is 0.589. The Morgan fingerprint density at radius 2 is 1.43 bits per heavy atom. The van der Waals surface area contributed by atoms with E-state index in [0.29, 0.717) is 11.4 Å². The molecule has 0 aliphatic heterocycles. The van der Waals surface area contributed by atoms with Gasteiger partial charge in [0.1, 0.15) is 6.04 Å². The van der Waals surface area contributed by atoms with Gasteiger partial charge in [-0.15, -0.1) is 0 Å². The Bertz CT molecular complexity index is 568. The zero-order chi connectivity index (χ0) is 16.0. The first-order valence-corrected chi connectivity index (χ1v) is 6.02. The van der Waals surface area contributed by atoms with E-state index in [0.717, 1.165) is 0 Å². The van der Waals surface area contributed by atoms with Crippen LogP contribution in [0.15, 0.2) is 24.3 Å². The van der Waals surface area contributed by atoms with Crippen molar-refractivity contribution in [2.75, 3.05) is 10.6 Å². The molecule has 1 rings (SSSR count). The third-order valence-corrected chi connectivity index (χ3v) is 2.39. The molecule has 112 valence electrons. The minimum absolute atomic E-state index is 0.228. The minimum Gasteiger partial charge on any atom is -0.480 e. The lowest BCUT2D eigenvalue weighted by atomic mass is 10.2. The molecule has 8 heteroatoms. The van der Waals surface area contributed by atoms with E-state index in [2.05, 4.69) is 10.6 Å². The molecule has 1 unspecified atom stereocenters. The first kappa shape index (κ1) is 16.2. The number of aliphatic carboxylic acids is 1. The third-order valence-electron chi connectivity index (χ3n) is 2.39. The third kappa shape index (κ3) is 5.31. The molecule has 1 aromatic rings. The number of carboxylic acids is 1. The molecular formula is C13H15N3O5. The summed E-state index contributed by atoms with van der Waals surface area (Å²) in [5, 5.41) is 15.5. The van der Waals surface area contributed by atoms with Gasteiger partial charge in [0, 0.05) is 18.3 Å². The molecule has 3 amide bonds. The van der Waals surface area contributed by atoms with Crippen LogP contribution in [0.25, 0.3) is 0 Å². The molecule has 21 heavy (non-hydrogen) atoms. The van der Waals surface area contributed by atoms with Crippen molar-refractivity contribution in [3.05, 3.63) is 24.3 Å².